The number of rotatable bonds is 2. The first-order valence-corrected chi connectivity index (χ1v) is 8.49. The van der Waals surface area contributed by atoms with E-state index in [-0.39, 0.29) is 5.91 Å². The van der Waals surface area contributed by atoms with Gasteiger partial charge in [0.25, 0.3) is 5.91 Å². The van der Waals surface area contributed by atoms with E-state index in [4.69, 9.17) is 12.2 Å². The number of halogens is 3. The van der Waals surface area contributed by atoms with Crippen LogP contribution in [0.3, 0.4) is 0 Å². The molecule has 0 spiro atoms. The number of alkyl halides is 3. The summed E-state index contributed by atoms with van der Waals surface area (Å²) in [5, 5.41) is 2.53. The number of hydrogen-bond donors (Lipinski definition) is 1. The number of thioether (sulfide) groups is 1. The van der Waals surface area contributed by atoms with Gasteiger partial charge in [-0.1, -0.05) is 48.2 Å². The summed E-state index contributed by atoms with van der Waals surface area (Å²) in [5.41, 5.74) is 2.04. The van der Waals surface area contributed by atoms with Crippen molar-refractivity contribution in [3.05, 3.63) is 64.1 Å². The maximum Gasteiger partial charge on any atom is 0.416 e. The van der Waals surface area contributed by atoms with E-state index in [0.717, 1.165) is 35.0 Å². The van der Waals surface area contributed by atoms with Crippen molar-refractivity contribution in [2.24, 2.45) is 0 Å². The number of aryl methyl sites for hydroxylation is 1. The predicted molar refractivity (Wildman–Crippen MR) is 97.9 cm³/mol. The number of nitrogens with one attached hydrogen (secondary N) is 1. The Hall–Kier alpha value is -2.12. The molecule has 0 saturated carbocycles. The maximum atomic E-state index is 12.9. The van der Waals surface area contributed by atoms with Crippen molar-refractivity contribution in [3.63, 3.8) is 0 Å². The minimum atomic E-state index is -4.39. The fourth-order valence-corrected chi connectivity index (χ4v) is 3.52. The highest BCUT2D eigenvalue weighted by Crippen LogP contribution is 2.34. The molecule has 0 aromatic heterocycles. The van der Waals surface area contributed by atoms with Crippen molar-refractivity contribution in [1.29, 1.82) is 0 Å². The minimum Gasteiger partial charge on any atom is -0.307 e. The van der Waals surface area contributed by atoms with E-state index in [0.29, 0.717) is 20.4 Å². The van der Waals surface area contributed by atoms with Crippen LogP contribution in [0.1, 0.15) is 16.7 Å². The highest BCUT2D eigenvalue weighted by Gasteiger charge is 2.30. The molecule has 1 heterocycles. The Kier molecular flexibility index (Phi) is 4.71. The van der Waals surface area contributed by atoms with Crippen LogP contribution in [-0.4, -0.2) is 10.2 Å². The third-order valence-corrected chi connectivity index (χ3v) is 4.87. The second-order valence-electron chi connectivity index (χ2n) is 5.51. The van der Waals surface area contributed by atoms with Crippen LogP contribution in [0.15, 0.2) is 47.4 Å². The van der Waals surface area contributed by atoms with Gasteiger partial charge in [-0.2, -0.15) is 13.2 Å². The van der Waals surface area contributed by atoms with Crippen LogP contribution in [-0.2, 0) is 11.0 Å². The first kappa shape index (κ1) is 17.7. The second-order valence-corrected chi connectivity index (χ2v) is 7.22. The Morgan fingerprint density at radius 2 is 1.92 bits per heavy atom. The van der Waals surface area contributed by atoms with Crippen LogP contribution in [0.5, 0.6) is 0 Å². The van der Waals surface area contributed by atoms with Gasteiger partial charge in [-0.3, -0.25) is 4.79 Å². The zero-order valence-electron chi connectivity index (χ0n) is 13.0. The van der Waals surface area contributed by atoms with Gasteiger partial charge in [0, 0.05) is 0 Å². The number of amides is 1. The third kappa shape index (κ3) is 3.93. The molecule has 2 aromatic carbocycles. The van der Waals surface area contributed by atoms with Crippen LogP contribution < -0.4 is 5.32 Å². The SMILES string of the molecule is Cc1ccc(/C=C2\SC(=S)NC2=O)cc1-c1cccc(C(F)(F)F)c1. The molecular weight excluding hydrogens is 367 g/mol. The fourth-order valence-electron chi connectivity index (χ4n) is 2.48. The molecule has 25 heavy (non-hydrogen) atoms. The predicted octanol–water partition coefficient (Wildman–Crippen LogP) is 5.17. The standard InChI is InChI=1S/C18H12F3NOS2/c1-10-5-6-11(8-15-16(23)22-17(24)25-15)7-14(10)12-3-2-4-13(9-12)18(19,20)21/h2-9H,1H3,(H,22,23,24)/b15-8-. The molecule has 3 rings (SSSR count). The first-order valence-electron chi connectivity index (χ1n) is 7.27. The number of carbonyl (C=O) groups excluding carboxylic acids is 1. The number of hydrogen-bond acceptors (Lipinski definition) is 3. The van der Waals surface area contributed by atoms with Gasteiger partial charge in [0.1, 0.15) is 4.32 Å². The van der Waals surface area contributed by atoms with Crippen molar-refractivity contribution in [1.82, 2.24) is 5.32 Å². The largest absolute Gasteiger partial charge is 0.416 e. The Labute approximate surface area is 152 Å². The zero-order valence-corrected chi connectivity index (χ0v) is 14.6. The van der Waals surface area contributed by atoms with E-state index in [2.05, 4.69) is 5.32 Å². The first-order chi connectivity index (χ1) is 11.7. The van der Waals surface area contributed by atoms with Crippen molar-refractivity contribution in [3.8, 4) is 11.1 Å². The lowest BCUT2D eigenvalue weighted by Crippen LogP contribution is -2.17. The fraction of sp³-hybridized carbons (Fsp3) is 0.111. The number of thiocarbonyl (C=S) groups is 1. The Balaban J connectivity index is 2.02. The Morgan fingerprint density at radius 3 is 2.56 bits per heavy atom. The van der Waals surface area contributed by atoms with E-state index in [1.165, 1.54) is 6.07 Å². The zero-order chi connectivity index (χ0) is 18.2. The quantitative estimate of drug-likeness (QED) is 0.577. The third-order valence-electron chi connectivity index (χ3n) is 3.70. The molecule has 0 bridgehead atoms. The molecule has 1 fully saturated rings. The normalized spacial score (nSPS) is 16.4. The Morgan fingerprint density at radius 1 is 1.16 bits per heavy atom. The van der Waals surface area contributed by atoms with E-state index in [1.807, 2.05) is 19.1 Å². The highest BCUT2D eigenvalue weighted by molar-refractivity contribution is 8.26. The second kappa shape index (κ2) is 6.65. The van der Waals surface area contributed by atoms with Gasteiger partial charge < -0.3 is 5.32 Å². The lowest BCUT2D eigenvalue weighted by atomic mass is 9.96. The molecule has 0 unspecified atom stereocenters. The van der Waals surface area contributed by atoms with E-state index in [1.54, 1.807) is 18.2 Å². The summed E-state index contributed by atoms with van der Waals surface area (Å²) in [6.07, 6.45) is -2.71. The van der Waals surface area contributed by atoms with Crippen molar-refractivity contribution in [2.75, 3.05) is 0 Å². The summed E-state index contributed by atoms with van der Waals surface area (Å²) in [6.45, 7) is 1.83. The number of benzene rings is 2. The summed E-state index contributed by atoms with van der Waals surface area (Å²) in [4.78, 5) is 12.2. The lowest BCUT2D eigenvalue weighted by molar-refractivity contribution is -0.137. The van der Waals surface area contributed by atoms with Gasteiger partial charge in [0.05, 0.1) is 10.5 Å². The van der Waals surface area contributed by atoms with Gasteiger partial charge >= 0.3 is 6.18 Å². The molecule has 2 aromatic rings. The van der Waals surface area contributed by atoms with Crippen molar-refractivity contribution in [2.45, 2.75) is 13.1 Å². The van der Waals surface area contributed by atoms with E-state index >= 15 is 0 Å². The van der Waals surface area contributed by atoms with Crippen LogP contribution in [0.2, 0.25) is 0 Å². The molecule has 0 aliphatic carbocycles. The topological polar surface area (TPSA) is 29.1 Å². The minimum absolute atomic E-state index is 0.267. The van der Waals surface area contributed by atoms with Gasteiger partial charge in [-0.05, 0) is 53.5 Å². The van der Waals surface area contributed by atoms with Crippen LogP contribution in [0, 0.1) is 6.92 Å². The van der Waals surface area contributed by atoms with Gasteiger partial charge in [-0.25, -0.2) is 0 Å². The van der Waals surface area contributed by atoms with Crippen molar-refractivity contribution >= 4 is 40.3 Å². The van der Waals surface area contributed by atoms with Crippen molar-refractivity contribution < 1.29 is 18.0 Å². The molecule has 2 nitrogen and oxygen atoms in total. The molecule has 0 radical (unpaired) electrons. The molecule has 128 valence electrons. The number of carbonyl (C=O) groups is 1. The van der Waals surface area contributed by atoms with E-state index < -0.39 is 11.7 Å². The molecular formula is C18H12F3NOS2. The summed E-state index contributed by atoms with van der Waals surface area (Å²) in [7, 11) is 0. The molecule has 1 saturated heterocycles. The molecule has 1 N–H and O–H groups in total. The monoisotopic (exact) mass is 379 g/mol. The van der Waals surface area contributed by atoms with Crippen LogP contribution in [0.4, 0.5) is 13.2 Å². The summed E-state index contributed by atoms with van der Waals surface area (Å²) >= 11 is 6.11. The average molecular weight is 379 g/mol. The smallest absolute Gasteiger partial charge is 0.307 e. The Bertz CT molecular complexity index is 903. The average Bonchev–Trinajstić information content (AvgIpc) is 2.86. The van der Waals surface area contributed by atoms with Gasteiger partial charge in [0.2, 0.25) is 0 Å². The maximum absolute atomic E-state index is 12.9. The van der Waals surface area contributed by atoms with Crippen LogP contribution in [0.25, 0.3) is 17.2 Å². The summed E-state index contributed by atoms with van der Waals surface area (Å²) in [6, 6.07) is 10.6. The molecule has 7 heteroatoms. The summed E-state index contributed by atoms with van der Waals surface area (Å²) in [5.74, 6) is -0.267. The summed E-state index contributed by atoms with van der Waals surface area (Å²) < 4.78 is 39.2. The molecule has 1 aliphatic heterocycles. The van der Waals surface area contributed by atoms with E-state index in [9.17, 15) is 18.0 Å². The highest BCUT2D eigenvalue weighted by atomic mass is 32.2. The molecule has 1 amide bonds. The molecule has 0 atom stereocenters. The van der Waals surface area contributed by atoms with Crippen LogP contribution >= 0.6 is 24.0 Å². The lowest BCUT2D eigenvalue weighted by Gasteiger charge is -2.11. The molecule has 1 aliphatic rings. The van der Waals surface area contributed by atoms with Gasteiger partial charge in [0.15, 0.2) is 0 Å². The van der Waals surface area contributed by atoms with Gasteiger partial charge in [-0.15, -0.1) is 0 Å².